The third-order valence-corrected chi connectivity index (χ3v) is 5.72. The van der Waals surface area contributed by atoms with E-state index in [1.807, 2.05) is 6.92 Å². The number of aryl methyl sites for hydroxylation is 1. The zero-order valence-electron chi connectivity index (χ0n) is 16.5. The molecule has 0 atom stereocenters. The van der Waals surface area contributed by atoms with Crippen LogP contribution >= 0.6 is 11.3 Å². The molecule has 0 saturated carbocycles. The van der Waals surface area contributed by atoms with Crippen LogP contribution in [-0.4, -0.2) is 41.7 Å². The number of fused-ring (bicyclic) bond motifs is 1. The van der Waals surface area contributed by atoms with Gasteiger partial charge in [-0.2, -0.15) is 0 Å². The highest BCUT2D eigenvalue weighted by Gasteiger charge is 2.35. The number of imide groups is 1. The van der Waals surface area contributed by atoms with Gasteiger partial charge in [-0.25, -0.2) is 4.79 Å². The highest BCUT2D eigenvalue weighted by atomic mass is 32.1. The minimum absolute atomic E-state index is 0.244. The fourth-order valence-electron chi connectivity index (χ4n) is 3.08. The molecule has 152 valence electrons. The second kappa shape index (κ2) is 8.57. The monoisotopic (exact) mass is 414 g/mol. The van der Waals surface area contributed by atoms with Crippen LogP contribution in [-0.2, 0) is 4.74 Å². The molecule has 1 aromatic carbocycles. The van der Waals surface area contributed by atoms with Gasteiger partial charge >= 0.3 is 5.97 Å². The standard InChI is InChI=1S/C21H22N2O5S/c1-4-6-9-23-19(25)14-8-7-13(11-15(14)20(23)26)18(24)22-16-10-12(3)17(29-16)21(27)28-5-2/h7-8,10-11H,4-6,9H2,1-3H3,(H,22,24). The van der Waals surface area contributed by atoms with E-state index < -0.39 is 11.9 Å². The number of ether oxygens (including phenoxy) is 1. The zero-order chi connectivity index (χ0) is 21.1. The van der Waals surface area contributed by atoms with E-state index in [1.165, 1.54) is 23.1 Å². The van der Waals surface area contributed by atoms with E-state index in [1.54, 1.807) is 19.9 Å². The lowest BCUT2D eigenvalue weighted by Crippen LogP contribution is -2.30. The van der Waals surface area contributed by atoms with E-state index in [2.05, 4.69) is 5.32 Å². The molecule has 1 aromatic heterocycles. The van der Waals surface area contributed by atoms with Crippen molar-refractivity contribution in [1.29, 1.82) is 0 Å². The van der Waals surface area contributed by atoms with Crippen LogP contribution in [0.15, 0.2) is 24.3 Å². The molecular weight excluding hydrogens is 392 g/mol. The SMILES string of the molecule is CCCCN1C(=O)c2ccc(C(=O)Nc3cc(C)c(C(=O)OCC)s3)cc2C1=O. The second-order valence-electron chi connectivity index (χ2n) is 6.67. The third-order valence-electron chi connectivity index (χ3n) is 4.58. The number of thiophene rings is 1. The number of anilines is 1. The molecule has 29 heavy (non-hydrogen) atoms. The van der Waals surface area contributed by atoms with Crippen LogP contribution in [0.4, 0.5) is 5.00 Å². The van der Waals surface area contributed by atoms with E-state index in [9.17, 15) is 19.2 Å². The van der Waals surface area contributed by atoms with Gasteiger partial charge in [0.25, 0.3) is 17.7 Å². The molecule has 1 N–H and O–H groups in total. The maximum absolute atomic E-state index is 12.6. The van der Waals surface area contributed by atoms with Crippen molar-refractivity contribution in [2.75, 3.05) is 18.5 Å². The Morgan fingerprint density at radius 1 is 1.10 bits per heavy atom. The fourth-order valence-corrected chi connectivity index (χ4v) is 4.04. The van der Waals surface area contributed by atoms with Gasteiger partial charge in [0.2, 0.25) is 0 Å². The number of nitrogens with one attached hydrogen (secondary N) is 1. The van der Waals surface area contributed by atoms with E-state index >= 15 is 0 Å². The minimum Gasteiger partial charge on any atom is -0.462 e. The maximum atomic E-state index is 12.6. The molecule has 0 radical (unpaired) electrons. The Bertz CT molecular complexity index is 995. The van der Waals surface area contributed by atoms with Crippen molar-refractivity contribution in [3.8, 4) is 0 Å². The number of carbonyl (C=O) groups excluding carboxylic acids is 4. The highest BCUT2D eigenvalue weighted by Crippen LogP contribution is 2.29. The first-order valence-electron chi connectivity index (χ1n) is 9.46. The van der Waals surface area contributed by atoms with Gasteiger partial charge in [0.15, 0.2) is 0 Å². The van der Waals surface area contributed by atoms with Gasteiger partial charge in [-0.3, -0.25) is 19.3 Å². The van der Waals surface area contributed by atoms with Gasteiger partial charge in [-0.1, -0.05) is 13.3 Å². The van der Waals surface area contributed by atoms with Crippen LogP contribution in [0.25, 0.3) is 0 Å². The topological polar surface area (TPSA) is 92.8 Å². The molecule has 0 fully saturated rings. The molecule has 3 amide bonds. The Morgan fingerprint density at radius 3 is 2.52 bits per heavy atom. The van der Waals surface area contributed by atoms with Gasteiger partial charge in [0, 0.05) is 12.1 Å². The number of rotatable bonds is 7. The zero-order valence-corrected chi connectivity index (χ0v) is 17.4. The van der Waals surface area contributed by atoms with Crippen molar-refractivity contribution >= 4 is 40.0 Å². The lowest BCUT2D eigenvalue weighted by molar-refractivity contribution is 0.0530. The molecule has 0 bridgehead atoms. The van der Waals surface area contributed by atoms with E-state index in [0.29, 0.717) is 27.5 Å². The Kier molecular flexibility index (Phi) is 6.12. The molecular formula is C21H22N2O5S. The van der Waals surface area contributed by atoms with E-state index in [0.717, 1.165) is 24.2 Å². The summed E-state index contributed by atoms with van der Waals surface area (Å²) >= 11 is 1.13. The van der Waals surface area contributed by atoms with Crippen molar-refractivity contribution in [2.45, 2.75) is 33.6 Å². The average molecular weight is 414 g/mol. The second-order valence-corrected chi connectivity index (χ2v) is 7.73. The molecule has 7 nitrogen and oxygen atoms in total. The summed E-state index contributed by atoms with van der Waals surface area (Å²) in [6.45, 7) is 6.13. The van der Waals surface area contributed by atoms with Crippen LogP contribution < -0.4 is 5.32 Å². The Hall–Kier alpha value is -3.00. The van der Waals surface area contributed by atoms with Crippen molar-refractivity contribution in [3.63, 3.8) is 0 Å². The number of benzene rings is 1. The summed E-state index contributed by atoms with van der Waals surface area (Å²) in [4.78, 5) is 51.2. The first-order chi connectivity index (χ1) is 13.9. The van der Waals surface area contributed by atoms with Crippen LogP contribution in [0.2, 0.25) is 0 Å². The summed E-state index contributed by atoms with van der Waals surface area (Å²) in [5.74, 6) is -1.54. The van der Waals surface area contributed by atoms with Gasteiger partial charge < -0.3 is 10.1 Å². The van der Waals surface area contributed by atoms with Crippen LogP contribution in [0, 0.1) is 6.92 Å². The number of amides is 3. The van der Waals surface area contributed by atoms with Crippen molar-refractivity contribution < 1.29 is 23.9 Å². The number of nitrogens with zero attached hydrogens (tertiary/aromatic N) is 1. The third kappa shape index (κ3) is 4.07. The molecule has 0 unspecified atom stereocenters. The predicted octanol–water partition coefficient (Wildman–Crippen LogP) is 3.88. The summed E-state index contributed by atoms with van der Waals surface area (Å²) in [5, 5.41) is 3.24. The highest BCUT2D eigenvalue weighted by molar-refractivity contribution is 7.18. The number of esters is 1. The smallest absolute Gasteiger partial charge is 0.348 e. The number of hydrogen-bond acceptors (Lipinski definition) is 6. The number of carbonyl (C=O) groups is 4. The minimum atomic E-state index is -0.427. The molecule has 1 aliphatic heterocycles. The average Bonchev–Trinajstić information content (AvgIpc) is 3.17. The summed E-state index contributed by atoms with van der Waals surface area (Å²) in [6, 6.07) is 6.18. The van der Waals surface area contributed by atoms with Gasteiger partial charge in [-0.15, -0.1) is 11.3 Å². The molecule has 2 aromatic rings. The Balaban J connectivity index is 1.78. The lowest BCUT2D eigenvalue weighted by Gasteiger charge is -2.12. The van der Waals surface area contributed by atoms with Crippen LogP contribution in [0.1, 0.15) is 73.0 Å². The number of hydrogen-bond donors (Lipinski definition) is 1. The Morgan fingerprint density at radius 2 is 1.83 bits per heavy atom. The summed E-state index contributed by atoms with van der Waals surface area (Å²) in [6.07, 6.45) is 1.61. The quantitative estimate of drug-likeness (QED) is 0.548. The Labute approximate surface area is 172 Å². The summed E-state index contributed by atoms with van der Waals surface area (Å²) < 4.78 is 5.01. The molecule has 1 aliphatic rings. The molecule has 0 saturated heterocycles. The van der Waals surface area contributed by atoms with Crippen molar-refractivity contribution in [3.05, 3.63) is 51.4 Å². The largest absolute Gasteiger partial charge is 0.462 e. The van der Waals surface area contributed by atoms with Gasteiger partial charge in [0.1, 0.15) is 4.88 Å². The molecule has 8 heteroatoms. The molecule has 0 aliphatic carbocycles. The first-order valence-corrected chi connectivity index (χ1v) is 10.3. The molecule has 3 rings (SSSR count). The van der Waals surface area contributed by atoms with E-state index in [4.69, 9.17) is 4.74 Å². The maximum Gasteiger partial charge on any atom is 0.348 e. The number of unbranched alkanes of at least 4 members (excludes halogenated alkanes) is 1. The van der Waals surface area contributed by atoms with Crippen LogP contribution in [0.5, 0.6) is 0 Å². The molecule has 2 heterocycles. The van der Waals surface area contributed by atoms with E-state index in [-0.39, 0.29) is 29.5 Å². The van der Waals surface area contributed by atoms with Crippen molar-refractivity contribution in [2.24, 2.45) is 0 Å². The first kappa shape index (κ1) is 20.7. The lowest BCUT2D eigenvalue weighted by atomic mass is 10.1. The predicted molar refractivity (Wildman–Crippen MR) is 110 cm³/mol. The van der Waals surface area contributed by atoms with Gasteiger partial charge in [-0.05, 0) is 50.1 Å². The molecule has 0 spiro atoms. The summed E-state index contributed by atoms with van der Waals surface area (Å²) in [7, 11) is 0. The van der Waals surface area contributed by atoms with Crippen LogP contribution in [0.3, 0.4) is 0 Å². The van der Waals surface area contributed by atoms with Crippen molar-refractivity contribution in [1.82, 2.24) is 4.90 Å². The summed E-state index contributed by atoms with van der Waals surface area (Å²) in [5.41, 5.74) is 1.54. The van der Waals surface area contributed by atoms with Gasteiger partial charge in [0.05, 0.1) is 22.7 Å². The normalized spacial score (nSPS) is 12.9. The fraction of sp³-hybridized carbons (Fsp3) is 0.333.